The molecule has 0 spiro atoms. The number of amides is 1. The molecule has 2 saturated heterocycles. The van der Waals surface area contributed by atoms with E-state index in [0.29, 0.717) is 25.9 Å². The van der Waals surface area contributed by atoms with Crippen LogP contribution in [-0.4, -0.2) is 54.7 Å². The average Bonchev–Trinajstić information content (AvgIpc) is 2.92. The summed E-state index contributed by atoms with van der Waals surface area (Å²) in [6.45, 7) is 3.02. The molecule has 2 fully saturated rings. The highest BCUT2D eigenvalue weighted by Gasteiger charge is 2.47. The van der Waals surface area contributed by atoms with Crippen LogP contribution in [0.25, 0.3) is 0 Å². The van der Waals surface area contributed by atoms with Crippen LogP contribution < -0.4 is 5.32 Å². The molecule has 0 aromatic carbocycles. The van der Waals surface area contributed by atoms with E-state index in [1.807, 2.05) is 19.1 Å². The Morgan fingerprint density at radius 1 is 1.44 bits per heavy atom. The van der Waals surface area contributed by atoms with E-state index in [9.17, 15) is 13.2 Å². The van der Waals surface area contributed by atoms with Gasteiger partial charge in [0, 0.05) is 32.0 Å². The molecule has 3 rings (SSSR count). The number of nitrogens with one attached hydrogen (secondary N) is 1. The topological polar surface area (TPSA) is 88.6 Å². The van der Waals surface area contributed by atoms with Crippen LogP contribution in [0, 0.1) is 5.92 Å². The highest BCUT2D eigenvalue weighted by molar-refractivity contribution is 7.89. The molecule has 2 bridgehead atoms. The molecule has 0 unspecified atom stereocenters. The molecule has 2 aliphatic heterocycles. The van der Waals surface area contributed by atoms with Crippen LogP contribution in [0.1, 0.15) is 31.7 Å². The zero-order chi connectivity index (χ0) is 17.9. The maximum absolute atomic E-state index is 12.5. The second-order valence-electron chi connectivity index (χ2n) is 6.70. The first-order chi connectivity index (χ1) is 12.0. The van der Waals surface area contributed by atoms with E-state index in [4.69, 9.17) is 4.74 Å². The van der Waals surface area contributed by atoms with E-state index in [0.717, 1.165) is 12.0 Å². The van der Waals surface area contributed by atoms with Crippen molar-refractivity contribution in [3.05, 3.63) is 30.1 Å². The molecule has 2 aliphatic rings. The highest BCUT2D eigenvalue weighted by Crippen LogP contribution is 2.33. The number of ether oxygens (including phenoxy) is 1. The fraction of sp³-hybridized carbons (Fsp3) is 0.647. The standard InChI is InChI=1S/C17H25N3O4S/c1-2-3-7-25(22,23)20-11-14-8-15(16(12-20)24-14)17(21)19-10-13-5-4-6-18-9-13/h4-6,9,14-16H,2-3,7-8,10-12H2,1H3,(H,19,21)/t14-,15+,16-/m1/s1. The molecule has 138 valence electrons. The lowest BCUT2D eigenvalue weighted by Gasteiger charge is -2.32. The second-order valence-corrected chi connectivity index (χ2v) is 8.79. The number of aromatic nitrogens is 1. The van der Waals surface area contributed by atoms with Crippen LogP contribution in [0.4, 0.5) is 0 Å². The Labute approximate surface area is 148 Å². The van der Waals surface area contributed by atoms with Gasteiger partial charge in [0.05, 0.1) is 23.9 Å². The van der Waals surface area contributed by atoms with Crippen molar-refractivity contribution in [2.45, 2.75) is 44.9 Å². The predicted molar refractivity (Wildman–Crippen MR) is 93.1 cm³/mol. The zero-order valence-electron chi connectivity index (χ0n) is 14.4. The van der Waals surface area contributed by atoms with Crippen molar-refractivity contribution in [2.75, 3.05) is 18.8 Å². The smallest absolute Gasteiger partial charge is 0.226 e. The first kappa shape index (κ1) is 18.3. The Kier molecular flexibility index (Phi) is 5.71. The number of pyridine rings is 1. The number of carbonyl (C=O) groups is 1. The summed E-state index contributed by atoms with van der Waals surface area (Å²) in [6, 6.07) is 3.73. The summed E-state index contributed by atoms with van der Waals surface area (Å²) in [6.07, 6.45) is 4.93. The molecule has 3 heterocycles. The quantitative estimate of drug-likeness (QED) is 0.774. The van der Waals surface area contributed by atoms with Gasteiger partial charge >= 0.3 is 0 Å². The van der Waals surface area contributed by atoms with Crippen LogP contribution >= 0.6 is 0 Å². The minimum atomic E-state index is -3.26. The molecule has 0 saturated carbocycles. The van der Waals surface area contributed by atoms with Gasteiger partial charge in [-0.1, -0.05) is 19.4 Å². The summed E-state index contributed by atoms with van der Waals surface area (Å²) in [5.74, 6) is -0.210. The Hall–Kier alpha value is -1.51. The summed E-state index contributed by atoms with van der Waals surface area (Å²) in [5, 5.41) is 2.91. The average molecular weight is 367 g/mol. The van der Waals surface area contributed by atoms with E-state index in [2.05, 4.69) is 10.3 Å². The second kappa shape index (κ2) is 7.80. The summed E-state index contributed by atoms with van der Waals surface area (Å²) < 4.78 is 32.2. The van der Waals surface area contributed by atoms with Gasteiger partial charge in [-0.2, -0.15) is 4.31 Å². The van der Waals surface area contributed by atoms with Crippen LogP contribution in [0.3, 0.4) is 0 Å². The summed E-state index contributed by atoms with van der Waals surface area (Å²) in [5.41, 5.74) is 0.932. The molecule has 1 aromatic rings. The Morgan fingerprint density at radius 3 is 3.00 bits per heavy atom. The van der Waals surface area contributed by atoms with Gasteiger partial charge in [-0.25, -0.2) is 8.42 Å². The normalized spacial score (nSPS) is 26.5. The molecule has 0 aliphatic carbocycles. The van der Waals surface area contributed by atoms with Gasteiger partial charge < -0.3 is 10.1 Å². The third kappa shape index (κ3) is 4.37. The van der Waals surface area contributed by atoms with E-state index in [-0.39, 0.29) is 36.3 Å². The highest BCUT2D eigenvalue weighted by atomic mass is 32.2. The Balaban J connectivity index is 1.58. The zero-order valence-corrected chi connectivity index (χ0v) is 15.2. The monoisotopic (exact) mass is 367 g/mol. The minimum absolute atomic E-state index is 0.0795. The largest absolute Gasteiger partial charge is 0.371 e. The van der Waals surface area contributed by atoms with E-state index >= 15 is 0 Å². The summed E-state index contributed by atoms with van der Waals surface area (Å²) >= 11 is 0. The number of carbonyl (C=O) groups excluding carboxylic acids is 1. The van der Waals surface area contributed by atoms with Gasteiger partial charge in [0.15, 0.2) is 0 Å². The van der Waals surface area contributed by atoms with Crippen molar-refractivity contribution in [3.63, 3.8) is 0 Å². The van der Waals surface area contributed by atoms with E-state index in [1.165, 1.54) is 4.31 Å². The molecule has 7 nitrogen and oxygen atoms in total. The number of rotatable bonds is 7. The van der Waals surface area contributed by atoms with Crippen LogP contribution in [0.15, 0.2) is 24.5 Å². The molecular formula is C17H25N3O4S. The maximum atomic E-state index is 12.5. The van der Waals surface area contributed by atoms with Crippen molar-refractivity contribution in [3.8, 4) is 0 Å². The van der Waals surface area contributed by atoms with Crippen LogP contribution in [0.2, 0.25) is 0 Å². The first-order valence-corrected chi connectivity index (χ1v) is 10.4. The molecular weight excluding hydrogens is 342 g/mol. The predicted octanol–water partition coefficient (Wildman–Crippen LogP) is 0.917. The van der Waals surface area contributed by atoms with Gasteiger partial charge in [-0.05, 0) is 24.5 Å². The van der Waals surface area contributed by atoms with Crippen molar-refractivity contribution in [1.29, 1.82) is 0 Å². The molecule has 3 atom stereocenters. The van der Waals surface area contributed by atoms with Crippen molar-refractivity contribution >= 4 is 15.9 Å². The van der Waals surface area contributed by atoms with Crippen LogP contribution in [-0.2, 0) is 26.1 Å². The molecule has 8 heteroatoms. The van der Waals surface area contributed by atoms with Gasteiger partial charge in [0.2, 0.25) is 15.9 Å². The fourth-order valence-electron chi connectivity index (χ4n) is 3.40. The Bertz CT molecular complexity index is 695. The Morgan fingerprint density at radius 2 is 2.28 bits per heavy atom. The van der Waals surface area contributed by atoms with E-state index < -0.39 is 10.0 Å². The number of unbranched alkanes of at least 4 members (excludes halogenated alkanes) is 1. The molecule has 1 N–H and O–H groups in total. The van der Waals surface area contributed by atoms with Gasteiger partial charge in [-0.15, -0.1) is 0 Å². The SMILES string of the molecule is CCCCS(=O)(=O)N1C[C@H]2C[C@H](C(=O)NCc3cccnc3)[C@@H](C1)O2. The molecule has 25 heavy (non-hydrogen) atoms. The lowest BCUT2D eigenvalue weighted by molar-refractivity contribution is -0.127. The lowest BCUT2D eigenvalue weighted by atomic mass is 9.99. The van der Waals surface area contributed by atoms with Gasteiger partial charge in [-0.3, -0.25) is 9.78 Å². The number of nitrogens with zero attached hydrogens (tertiary/aromatic N) is 2. The fourth-order valence-corrected chi connectivity index (χ4v) is 5.08. The number of morpholine rings is 1. The van der Waals surface area contributed by atoms with Crippen molar-refractivity contribution in [1.82, 2.24) is 14.6 Å². The number of fused-ring (bicyclic) bond motifs is 2. The maximum Gasteiger partial charge on any atom is 0.226 e. The van der Waals surface area contributed by atoms with Crippen LogP contribution in [0.5, 0.6) is 0 Å². The van der Waals surface area contributed by atoms with Gasteiger partial charge in [0.25, 0.3) is 0 Å². The third-order valence-electron chi connectivity index (χ3n) is 4.80. The molecule has 0 radical (unpaired) electrons. The number of sulfonamides is 1. The molecule has 1 amide bonds. The summed E-state index contributed by atoms with van der Waals surface area (Å²) in [7, 11) is -3.26. The first-order valence-electron chi connectivity index (χ1n) is 8.79. The van der Waals surface area contributed by atoms with Gasteiger partial charge in [0.1, 0.15) is 0 Å². The minimum Gasteiger partial charge on any atom is -0.371 e. The third-order valence-corrected chi connectivity index (χ3v) is 6.69. The summed E-state index contributed by atoms with van der Waals surface area (Å²) in [4.78, 5) is 16.5. The van der Waals surface area contributed by atoms with Crippen molar-refractivity contribution in [2.24, 2.45) is 5.92 Å². The van der Waals surface area contributed by atoms with E-state index in [1.54, 1.807) is 12.4 Å². The number of hydrogen-bond acceptors (Lipinski definition) is 5. The van der Waals surface area contributed by atoms with Crippen molar-refractivity contribution < 1.29 is 17.9 Å². The molecule has 1 aromatic heterocycles. The lowest BCUT2D eigenvalue weighted by Crippen LogP contribution is -2.48. The number of hydrogen-bond donors (Lipinski definition) is 1.